The monoisotopic (exact) mass is 379 g/mol. The van der Waals surface area contributed by atoms with Crippen LogP contribution in [0.25, 0.3) is 0 Å². The molecule has 0 saturated carbocycles. The Morgan fingerprint density at radius 1 is 1.15 bits per heavy atom. The molecular formula is C18H29N5O2S. The van der Waals surface area contributed by atoms with E-state index < -0.39 is 0 Å². The minimum Gasteiger partial charge on any atom is -0.357 e. The van der Waals surface area contributed by atoms with E-state index in [2.05, 4.69) is 32.3 Å². The fourth-order valence-electron chi connectivity index (χ4n) is 4.15. The Bertz CT molecular complexity index is 626. The van der Waals surface area contributed by atoms with Crippen molar-refractivity contribution in [3.05, 3.63) is 0 Å². The van der Waals surface area contributed by atoms with Crippen molar-refractivity contribution in [1.29, 1.82) is 5.26 Å². The molecule has 26 heavy (non-hydrogen) atoms. The van der Waals surface area contributed by atoms with Gasteiger partial charge in [0.2, 0.25) is 11.8 Å². The van der Waals surface area contributed by atoms with Crippen LogP contribution < -0.4 is 5.32 Å². The summed E-state index contributed by atoms with van der Waals surface area (Å²) in [5.41, 5.74) is 0. The van der Waals surface area contributed by atoms with E-state index in [9.17, 15) is 9.59 Å². The van der Waals surface area contributed by atoms with Crippen molar-refractivity contribution in [2.45, 2.75) is 38.6 Å². The Morgan fingerprint density at radius 2 is 1.88 bits per heavy atom. The van der Waals surface area contributed by atoms with Gasteiger partial charge in [0.1, 0.15) is 6.04 Å². The number of piperidine rings is 1. The second kappa shape index (κ2) is 8.51. The number of carbonyl (C=O) groups excluding carboxylic acids is 2. The fourth-order valence-corrected chi connectivity index (χ4v) is 6.39. The first kappa shape index (κ1) is 19.3. The van der Waals surface area contributed by atoms with Gasteiger partial charge in [-0.2, -0.15) is 5.26 Å². The molecule has 0 aromatic carbocycles. The highest BCUT2D eigenvalue weighted by atomic mass is 32.2. The maximum absolute atomic E-state index is 13.1. The van der Waals surface area contributed by atoms with E-state index in [0.29, 0.717) is 6.54 Å². The average molecular weight is 380 g/mol. The van der Waals surface area contributed by atoms with Crippen LogP contribution in [-0.4, -0.2) is 76.5 Å². The molecule has 0 bridgehead atoms. The lowest BCUT2D eigenvalue weighted by atomic mass is 9.97. The summed E-state index contributed by atoms with van der Waals surface area (Å²) in [5, 5.41) is 13.9. The predicted octanol–water partition coefficient (Wildman–Crippen LogP) is 0.812. The maximum Gasteiger partial charge on any atom is 0.242 e. The molecule has 2 amide bonds. The summed E-state index contributed by atoms with van der Waals surface area (Å²) in [6.07, 6.45) is 3.56. The van der Waals surface area contributed by atoms with Gasteiger partial charge in [-0.1, -0.05) is 10.9 Å². The fraction of sp³-hybridized carbons (Fsp3) is 0.778. The first-order valence-corrected chi connectivity index (χ1v) is 10.7. The molecule has 8 heteroatoms. The summed E-state index contributed by atoms with van der Waals surface area (Å²) in [5.74, 6) is 0.203. The Morgan fingerprint density at radius 3 is 2.54 bits per heavy atom. The molecule has 0 radical (unpaired) electrons. The van der Waals surface area contributed by atoms with Gasteiger partial charge in [-0.25, -0.2) is 8.61 Å². The Kier molecular flexibility index (Phi) is 6.33. The van der Waals surface area contributed by atoms with Crippen LogP contribution in [0.15, 0.2) is 0 Å². The van der Waals surface area contributed by atoms with Crippen molar-refractivity contribution < 1.29 is 9.59 Å². The van der Waals surface area contributed by atoms with Crippen LogP contribution >= 0.6 is 10.9 Å². The van der Waals surface area contributed by atoms with Crippen LogP contribution in [-0.2, 0) is 9.59 Å². The second-order valence-electron chi connectivity index (χ2n) is 7.23. The number of likely N-dealkylation sites (tertiary alicyclic amines) is 1. The zero-order chi connectivity index (χ0) is 18.7. The van der Waals surface area contributed by atoms with Gasteiger partial charge in [0.15, 0.2) is 0 Å². The summed E-state index contributed by atoms with van der Waals surface area (Å²) >= 11 is 0. The van der Waals surface area contributed by atoms with Crippen LogP contribution in [0.1, 0.15) is 32.6 Å². The first-order valence-electron chi connectivity index (χ1n) is 9.53. The van der Waals surface area contributed by atoms with Gasteiger partial charge in [0.25, 0.3) is 0 Å². The standard InChI is InChI=1S/C18H29N5O2S/c1-3-26(22-11-14(10-19)12-22)21-8-4-6-15(13-21)18(25)23-9-5-7-16(23)17(24)20-2/h3,14-16H,4-9,11-13H2,1-2H3,(H,20,24)/t15-,16+,26?/m0/s1. The van der Waals surface area contributed by atoms with Crippen molar-refractivity contribution in [3.8, 4) is 6.07 Å². The van der Waals surface area contributed by atoms with Gasteiger partial charge < -0.3 is 10.2 Å². The van der Waals surface area contributed by atoms with E-state index >= 15 is 0 Å². The number of amides is 2. The molecule has 1 unspecified atom stereocenters. The largest absolute Gasteiger partial charge is 0.357 e. The van der Waals surface area contributed by atoms with Crippen LogP contribution in [0.2, 0.25) is 0 Å². The summed E-state index contributed by atoms with van der Waals surface area (Å²) in [6, 6.07) is 2.03. The number of likely N-dealkylation sites (N-methyl/N-ethyl adjacent to an activating group) is 1. The lowest BCUT2D eigenvalue weighted by Gasteiger charge is -2.44. The molecule has 3 heterocycles. The highest BCUT2D eigenvalue weighted by Crippen LogP contribution is 2.36. The smallest absolute Gasteiger partial charge is 0.242 e. The van der Waals surface area contributed by atoms with E-state index in [1.165, 1.54) is 0 Å². The number of nitrogens with one attached hydrogen (secondary N) is 1. The normalized spacial score (nSPS) is 29.2. The van der Waals surface area contributed by atoms with Crippen LogP contribution in [0, 0.1) is 23.2 Å². The molecule has 0 aromatic rings. The SMILES string of the molecule is C/C=S(/N1CC(C#N)C1)N1CCC[C@H](C(=O)N2CCC[C@@H]2C(=O)NC)C1. The Balaban J connectivity index is 1.63. The van der Waals surface area contributed by atoms with Gasteiger partial charge in [0, 0.05) is 39.8 Å². The zero-order valence-electron chi connectivity index (χ0n) is 15.7. The Labute approximate surface area is 158 Å². The quantitative estimate of drug-likeness (QED) is 0.732. The third-order valence-electron chi connectivity index (χ3n) is 5.59. The lowest BCUT2D eigenvalue weighted by Crippen LogP contribution is -2.51. The highest BCUT2D eigenvalue weighted by Gasteiger charge is 2.39. The number of nitriles is 1. The van der Waals surface area contributed by atoms with E-state index in [1.54, 1.807) is 11.9 Å². The summed E-state index contributed by atoms with van der Waals surface area (Å²) < 4.78 is 4.73. The molecule has 3 atom stereocenters. The van der Waals surface area contributed by atoms with E-state index in [1.807, 2.05) is 0 Å². The van der Waals surface area contributed by atoms with E-state index in [4.69, 9.17) is 5.26 Å². The van der Waals surface area contributed by atoms with Crippen molar-refractivity contribution in [2.24, 2.45) is 11.8 Å². The van der Waals surface area contributed by atoms with Gasteiger partial charge in [-0.05, 0) is 38.0 Å². The van der Waals surface area contributed by atoms with Crippen molar-refractivity contribution in [1.82, 2.24) is 18.8 Å². The lowest BCUT2D eigenvalue weighted by molar-refractivity contribution is -0.142. The highest BCUT2D eigenvalue weighted by molar-refractivity contribution is 8.10. The molecule has 3 aliphatic heterocycles. The molecule has 0 spiro atoms. The van der Waals surface area contributed by atoms with Crippen molar-refractivity contribution in [3.63, 3.8) is 0 Å². The third-order valence-corrected chi connectivity index (χ3v) is 7.70. The average Bonchev–Trinajstić information content (AvgIpc) is 3.12. The molecule has 3 saturated heterocycles. The molecule has 3 fully saturated rings. The topological polar surface area (TPSA) is 79.7 Å². The molecule has 0 aromatic heterocycles. The number of rotatable bonds is 4. The third kappa shape index (κ3) is 3.80. The number of carbonyl (C=O) groups is 2. The molecule has 3 aliphatic rings. The van der Waals surface area contributed by atoms with Gasteiger partial charge in [-0.3, -0.25) is 9.59 Å². The number of hydrogen-bond donors (Lipinski definition) is 1. The summed E-state index contributed by atoms with van der Waals surface area (Å²) in [6.45, 7) is 6.14. The van der Waals surface area contributed by atoms with Gasteiger partial charge in [-0.15, -0.1) is 0 Å². The molecule has 3 rings (SSSR count). The first-order chi connectivity index (χ1) is 12.6. The van der Waals surface area contributed by atoms with Crippen LogP contribution in [0.5, 0.6) is 0 Å². The van der Waals surface area contributed by atoms with Crippen LogP contribution in [0.3, 0.4) is 0 Å². The maximum atomic E-state index is 13.1. The van der Waals surface area contributed by atoms with Gasteiger partial charge in [0.05, 0.1) is 17.9 Å². The van der Waals surface area contributed by atoms with Crippen molar-refractivity contribution >= 4 is 28.0 Å². The molecular weight excluding hydrogens is 350 g/mol. The molecule has 7 nitrogen and oxygen atoms in total. The summed E-state index contributed by atoms with van der Waals surface area (Å²) in [4.78, 5) is 27.0. The summed E-state index contributed by atoms with van der Waals surface area (Å²) in [7, 11) is 1.52. The number of hydrogen-bond acceptors (Lipinski definition) is 5. The molecule has 1 N–H and O–H groups in total. The van der Waals surface area contributed by atoms with Gasteiger partial charge >= 0.3 is 0 Å². The van der Waals surface area contributed by atoms with E-state index in [-0.39, 0.29) is 40.5 Å². The molecule has 0 aliphatic carbocycles. The zero-order valence-corrected chi connectivity index (χ0v) is 16.5. The second-order valence-corrected chi connectivity index (χ2v) is 9.32. The number of nitrogens with zero attached hydrogens (tertiary/aromatic N) is 4. The molecule has 144 valence electrons. The predicted molar refractivity (Wildman–Crippen MR) is 103 cm³/mol. The Hall–Kier alpha value is -1.43. The van der Waals surface area contributed by atoms with Crippen molar-refractivity contribution in [2.75, 3.05) is 39.8 Å². The van der Waals surface area contributed by atoms with E-state index in [0.717, 1.165) is 51.9 Å². The minimum atomic E-state index is -0.300. The minimum absolute atomic E-state index is 0.0306. The van der Waals surface area contributed by atoms with Crippen LogP contribution in [0.4, 0.5) is 0 Å².